The zero-order chi connectivity index (χ0) is 45.6. The number of nitrogens with one attached hydrogen (secondary N) is 2. The second kappa shape index (κ2) is 45.4. The lowest BCUT2D eigenvalue weighted by molar-refractivity contribution is -0.161. The van der Waals surface area contributed by atoms with Crippen LogP contribution in [0, 0.1) is 0 Å². The van der Waals surface area contributed by atoms with Gasteiger partial charge in [-0.2, -0.15) is 0 Å². The maximum absolute atomic E-state index is 12.8. The molecule has 0 bridgehead atoms. The van der Waals surface area contributed by atoms with E-state index in [1.165, 1.54) is 154 Å². The summed E-state index contributed by atoms with van der Waals surface area (Å²) in [6, 6.07) is 0. The number of ether oxygens (including phenoxy) is 3. The fourth-order valence-corrected chi connectivity index (χ4v) is 8.03. The van der Waals surface area contributed by atoms with Gasteiger partial charge >= 0.3 is 18.0 Å². The van der Waals surface area contributed by atoms with Gasteiger partial charge in [-0.15, -0.1) is 0 Å². The lowest BCUT2D eigenvalue weighted by Crippen LogP contribution is -2.32. The Bertz CT molecular complexity index is 1110. The molecule has 0 heterocycles. The summed E-state index contributed by atoms with van der Waals surface area (Å²) in [4.78, 5) is 59.6. The van der Waals surface area contributed by atoms with Gasteiger partial charge in [0, 0.05) is 25.8 Å². The molecule has 13 heteroatoms. The van der Waals surface area contributed by atoms with Crippen LogP contribution < -0.4 is 10.6 Å². The Balaban J connectivity index is 4.51. The monoisotopic (exact) mass is 903 g/mol. The summed E-state index contributed by atoms with van der Waals surface area (Å²) in [5, 5.41) is 5.15. The van der Waals surface area contributed by atoms with E-state index in [1.54, 1.807) is 0 Å². The maximum Gasteiger partial charge on any atom is 0.407 e. The van der Waals surface area contributed by atoms with Crippen LogP contribution in [0.1, 0.15) is 239 Å². The molecular formula is C49H95N2O10P. The molecule has 12 nitrogen and oxygen atoms in total. The maximum atomic E-state index is 12.8. The second-order valence-electron chi connectivity index (χ2n) is 17.1. The number of esters is 2. The average Bonchev–Trinajstić information content (AvgIpc) is 3.25. The minimum atomic E-state index is -3.61. The van der Waals surface area contributed by atoms with Gasteiger partial charge in [0.1, 0.15) is 13.2 Å². The quantitative estimate of drug-likeness (QED) is 0.0232. The molecule has 0 rings (SSSR count). The van der Waals surface area contributed by atoms with Crippen molar-refractivity contribution in [1.82, 2.24) is 10.6 Å². The van der Waals surface area contributed by atoms with Crippen LogP contribution >= 0.6 is 7.57 Å². The van der Waals surface area contributed by atoms with Crippen LogP contribution in [0.5, 0.6) is 0 Å². The minimum absolute atomic E-state index is 0.0107. The highest BCUT2D eigenvalue weighted by Crippen LogP contribution is 2.42. The summed E-state index contributed by atoms with van der Waals surface area (Å²) in [7, 11) is -3.61. The van der Waals surface area contributed by atoms with E-state index in [0.717, 1.165) is 38.5 Å². The summed E-state index contributed by atoms with van der Waals surface area (Å²) in [5.41, 5.74) is 0. The number of amides is 2. The third-order valence-corrected chi connectivity index (χ3v) is 12.1. The van der Waals surface area contributed by atoms with Crippen LogP contribution in [0.25, 0.3) is 0 Å². The molecule has 366 valence electrons. The van der Waals surface area contributed by atoms with Crippen molar-refractivity contribution in [3.05, 3.63) is 0 Å². The number of carbonyl (C=O) groups excluding carboxylic acids is 4. The van der Waals surface area contributed by atoms with Gasteiger partial charge in [0.05, 0.1) is 19.8 Å². The van der Waals surface area contributed by atoms with Crippen LogP contribution in [0.2, 0.25) is 0 Å². The number of carbonyl (C=O) groups is 4. The zero-order valence-corrected chi connectivity index (χ0v) is 41.0. The molecule has 0 aliphatic heterocycles. The van der Waals surface area contributed by atoms with Crippen LogP contribution in [-0.2, 0) is 37.6 Å². The number of alkyl carbamates (subject to hydrolysis) is 1. The highest BCUT2D eigenvalue weighted by Gasteiger charge is 2.22. The Morgan fingerprint density at radius 3 is 1.31 bits per heavy atom. The third-order valence-electron chi connectivity index (χ3n) is 11.0. The van der Waals surface area contributed by atoms with Gasteiger partial charge in [-0.05, 0) is 25.6 Å². The molecule has 2 atom stereocenters. The SMILES string of the molecule is C=P(O)(OCCNC(=O)OCCNC(=O)CCC)OCC(COC(=O)CCCCCCCCCCCCCCCCC)OC(=O)CCCCCCCCCCCCCCCCC. The van der Waals surface area contributed by atoms with Gasteiger partial charge in [0.2, 0.25) is 13.5 Å². The molecular weight excluding hydrogens is 808 g/mol. The number of rotatable bonds is 47. The van der Waals surface area contributed by atoms with E-state index >= 15 is 0 Å². The molecule has 62 heavy (non-hydrogen) atoms. The first kappa shape index (κ1) is 59.9. The summed E-state index contributed by atoms with van der Waals surface area (Å²) in [5.74, 6) is -0.874. The Morgan fingerprint density at radius 1 is 0.468 bits per heavy atom. The molecule has 0 aromatic rings. The molecule has 0 aliphatic rings. The van der Waals surface area contributed by atoms with Crippen molar-refractivity contribution in [2.24, 2.45) is 0 Å². The third kappa shape index (κ3) is 44.5. The normalized spacial score (nSPS) is 12.7. The van der Waals surface area contributed by atoms with Gasteiger partial charge in [0.25, 0.3) is 0 Å². The number of hydrogen-bond acceptors (Lipinski definition) is 10. The molecule has 0 aliphatic carbocycles. The summed E-state index contributed by atoms with van der Waals surface area (Å²) < 4.78 is 27.1. The summed E-state index contributed by atoms with van der Waals surface area (Å²) in [6.45, 7) is 6.06. The fourth-order valence-electron chi connectivity index (χ4n) is 7.18. The summed E-state index contributed by atoms with van der Waals surface area (Å²) >= 11 is 0. The molecule has 0 aromatic heterocycles. The Kier molecular flexibility index (Phi) is 43.9. The topological polar surface area (TPSA) is 159 Å². The van der Waals surface area contributed by atoms with E-state index in [2.05, 4.69) is 30.8 Å². The van der Waals surface area contributed by atoms with E-state index in [-0.39, 0.29) is 64.2 Å². The first-order valence-corrected chi connectivity index (χ1v) is 27.2. The van der Waals surface area contributed by atoms with Gasteiger partial charge in [-0.1, -0.05) is 201 Å². The smallest absolute Gasteiger partial charge is 0.407 e. The minimum Gasteiger partial charge on any atom is -0.462 e. The molecule has 0 saturated carbocycles. The van der Waals surface area contributed by atoms with E-state index < -0.39 is 25.7 Å². The average molecular weight is 903 g/mol. The van der Waals surface area contributed by atoms with Gasteiger partial charge < -0.3 is 38.8 Å². The summed E-state index contributed by atoms with van der Waals surface area (Å²) in [6.07, 6.45) is 40.9. The van der Waals surface area contributed by atoms with E-state index in [9.17, 15) is 24.1 Å². The largest absolute Gasteiger partial charge is 0.462 e. The van der Waals surface area contributed by atoms with Gasteiger partial charge in [-0.3, -0.25) is 14.4 Å². The van der Waals surface area contributed by atoms with Crippen molar-refractivity contribution in [2.75, 3.05) is 39.5 Å². The van der Waals surface area contributed by atoms with Crippen molar-refractivity contribution in [3.8, 4) is 0 Å². The Labute approximate surface area is 379 Å². The molecule has 2 unspecified atom stereocenters. The van der Waals surface area contributed by atoms with Crippen LogP contribution in [-0.4, -0.2) is 80.8 Å². The molecule has 0 spiro atoms. The van der Waals surface area contributed by atoms with Crippen molar-refractivity contribution < 1.29 is 47.3 Å². The van der Waals surface area contributed by atoms with Gasteiger partial charge in [-0.25, -0.2) is 4.79 Å². The van der Waals surface area contributed by atoms with Crippen molar-refractivity contribution in [1.29, 1.82) is 0 Å². The molecule has 0 radical (unpaired) electrons. The van der Waals surface area contributed by atoms with Crippen molar-refractivity contribution in [3.63, 3.8) is 0 Å². The van der Waals surface area contributed by atoms with Crippen molar-refractivity contribution >= 4 is 37.8 Å². The number of hydrogen-bond donors (Lipinski definition) is 3. The first-order valence-electron chi connectivity index (χ1n) is 25.4. The molecule has 2 amide bonds. The fraction of sp³-hybridized carbons (Fsp3) is 0.898. The lowest BCUT2D eigenvalue weighted by Gasteiger charge is -2.23. The van der Waals surface area contributed by atoms with Crippen LogP contribution in [0.3, 0.4) is 0 Å². The number of unbranched alkanes of at least 4 members (excludes halogenated alkanes) is 28. The Morgan fingerprint density at radius 2 is 0.871 bits per heavy atom. The van der Waals surface area contributed by atoms with Gasteiger partial charge in [0.15, 0.2) is 6.10 Å². The second-order valence-corrected chi connectivity index (χ2v) is 18.9. The molecule has 3 N–H and O–H groups in total. The molecule has 0 aromatic carbocycles. The van der Waals surface area contributed by atoms with Crippen LogP contribution in [0.4, 0.5) is 4.79 Å². The van der Waals surface area contributed by atoms with Crippen LogP contribution in [0.15, 0.2) is 0 Å². The first-order chi connectivity index (χ1) is 30.1. The Hall–Kier alpha value is -2.14. The van der Waals surface area contributed by atoms with E-state index in [1.807, 2.05) is 6.92 Å². The molecule has 0 saturated heterocycles. The predicted molar refractivity (Wildman–Crippen MR) is 255 cm³/mol. The zero-order valence-electron chi connectivity index (χ0n) is 40.1. The standard InChI is InChI=1S/C49H95N2O10P/c1-5-8-10-12-14-16-18-20-22-24-26-28-30-32-34-37-47(53)58-43-45(44-60-62(4,56)59-42-40-51-49(55)57-41-39-50-46(52)36-7-3)61-48(54)38-35-33-31-29-27-25-23-21-19-17-15-13-11-9-6-2/h45,56H,4-44H2,1-3H3,(H,50,52)(H,51,55). The van der Waals surface area contributed by atoms with E-state index in [0.29, 0.717) is 12.8 Å². The van der Waals surface area contributed by atoms with Crippen molar-refractivity contribution in [2.45, 2.75) is 245 Å². The highest BCUT2D eigenvalue weighted by molar-refractivity contribution is 7.58. The molecule has 0 fully saturated rings. The lowest BCUT2D eigenvalue weighted by atomic mass is 10.0. The highest BCUT2D eigenvalue weighted by atomic mass is 31.2. The predicted octanol–water partition coefficient (Wildman–Crippen LogP) is 12.8. The van der Waals surface area contributed by atoms with E-state index in [4.69, 9.17) is 23.3 Å².